The Bertz CT molecular complexity index is 423. The molecule has 0 aromatic heterocycles. The van der Waals surface area contributed by atoms with Gasteiger partial charge in [-0.05, 0) is 50.4 Å². The van der Waals surface area contributed by atoms with E-state index < -0.39 is 0 Å². The van der Waals surface area contributed by atoms with Gasteiger partial charge in [-0.25, -0.2) is 0 Å². The summed E-state index contributed by atoms with van der Waals surface area (Å²) in [6.07, 6.45) is 5.35. The summed E-state index contributed by atoms with van der Waals surface area (Å²) in [7, 11) is 1.77. The van der Waals surface area contributed by atoms with Crippen LogP contribution in [0.5, 0.6) is 5.75 Å². The molecule has 1 aliphatic carbocycles. The number of rotatable bonds is 6. The van der Waals surface area contributed by atoms with Crippen LogP contribution in [0.15, 0.2) is 18.2 Å². The lowest BCUT2D eigenvalue weighted by Gasteiger charge is -2.16. The van der Waals surface area contributed by atoms with Gasteiger partial charge in [-0.3, -0.25) is 4.90 Å². The zero-order valence-electron chi connectivity index (χ0n) is 11.8. The summed E-state index contributed by atoms with van der Waals surface area (Å²) >= 11 is 0. The molecule has 1 saturated heterocycles. The third kappa shape index (κ3) is 3.48. The molecule has 104 valence electrons. The van der Waals surface area contributed by atoms with Gasteiger partial charge in [0.25, 0.3) is 0 Å². The molecule has 3 heteroatoms. The van der Waals surface area contributed by atoms with Gasteiger partial charge in [0.1, 0.15) is 5.75 Å². The molecular weight excluding hydrogens is 236 g/mol. The predicted octanol–water partition coefficient (Wildman–Crippen LogP) is 2.54. The Balaban J connectivity index is 1.64. The highest BCUT2D eigenvalue weighted by atomic mass is 16.5. The molecular formula is C16H24N2O. The van der Waals surface area contributed by atoms with E-state index in [4.69, 9.17) is 4.74 Å². The molecule has 3 rings (SSSR count). The molecule has 1 heterocycles. The van der Waals surface area contributed by atoms with E-state index in [9.17, 15) is 0 Å². The number of ether oxygens (including phenoxy) is 1. The first-order valence-corrected chi connectivity index (χ1v) is 7.46. The summed E-state index contributed by atoms with van der Waals surface area (Å²) < 4.78 is 5.54. The highest BCUT2D eigenvalue weighted by Crippen LogP contribution is 2.24. The van der Waals surface area contributed by atoms with Crippen molar-refractivity contribution < 1.29 is 4.74 Å². The highest BCUT2D eigenvalue weighted by molar-refractivity contribution is 5.37. The SMILES string of the molecule is COc1cc(CN2CCCC2)ccc1CNC1CC1. The maximum atomic E-state index is 5.54. The third-order valence-electron chi connectivity index (χ3n) is 4.11. The quantitative estimate of drug-likeness (QED) is 0.850. The predicted molar refractivity (Wildman–Crippen MR) is 77.4 cm³/mol. The number of nitrogens with zero attached hydrogens (tertiary/aromatic N) is 1. The Kier molecular flexibility index (Phi) is 4.04. The first kappa shape index (κ1) is 12.9. The Morgan fingerprint density at radius 3 is 2.74 bits per heavy atom. The maximum Gasteiger partial charge on any atom is 0.123 e. The molecule has 0 amide bonds. The molecule has 1 aromatic carbocycles. The van der Waals surface area contributed by atoms with Gasteiger partial charge >= 0.3 is 0 Å². The Labute approximate surface area is 115 Å². The number of likely N-dealkylation sites (tertiary alicyclic amines) is 1. The first-order valence-electron chi connectivity index (χ1n) is 7.46. The van der Waals surface area contributed by atoms with E-state index in [1.54, 1.807) is 7.11 Å². The minimum atomic E-state index is 0.744. The lowest BCUT2D eigenvalue weighted by atomic mass is 10.1. The number of nitrogens with one attached hydrogen (secondary N) is 1. The van der Waals surface area contributed by atoms with E-state index in [2.05, 4.69) is 28.4 Å². The molecule has 0 radical (unpaired) electrons. The minimum Gasteiger partial charge on any atom is -0.496 e. The normalized spacial score (nSPS) is 19.8. The average molecular weight is 260 g/mol. The van der Waals surface area contributed by atoms with Crippen molar-refractivity contribution in [1.29, 1.82) is 0 Å². The van der Waals surface area contributed by atoms with Gasteiger partial charge in [0.05, 0.1) is 7.11 Å². The van der Waals surface area contributed by atoms with Crippen molar-refractivity contribution >= 4 is 0 Å². The van der Waals surface area contributed by atoms with E-state index in [-0.39, 0.29) is 0 Å². The van der Waals surface area contributed by atoms with Crippen LogP contribution in [-0.2, 0) is 13.1 Å². The van der Waals surface area contributed by atoms with Crippen LogP contribution in [0.2, 0.25) is 0 Å². The minimum absolute atomic E-state index is 0.744. The fourth-order valence-corrected chi connectivity index (χ4v) is 2.77. The largest absolute Gasteiger partial charge is 0.496 e. The van der Waals surface area contributed by atoms with Gasteiger partial charge in [-0.15, -0.1) is 0 Å². The van der Waals surface area contributed by atoms with Crippen LogP contribution in [0.1, 0.15) is 36.8 Å². The molecule has 1 aliphatic heterocycles. The second kappa shape index (κ2) is 5.93. The number of benzene rings is 1. The van der Waals surface area contributed by atoms with Crippen LogP contribution >= 0.6 is 0 Å². The van der Waals surface area contributed by atoms with E-state index in [0.717, 1.165) is 24.9 Å². The highest BCUT2D eigenvalue weighted by Gasteiger charge is 2.20. The van der Waals surface area contributed by atoms with E-state index in [1.807, 2.05) is 0 Å². The summed E-state index contributed by atoms with van der Waals surface area (Å²) in [6.45, 7) is 4.48. The third-order valence-corrected chi connectivity index (χ3v) is 4.11. The summed E-state index contributed by atoms with van der Waals surface area (Å²) in [5, 5.41) is 3.55. The monoisotopic (exact) mass is 260 g/mol. The van der Waals surface area contributed by atoms with Gasteiger partial charge in [-0.1, -0.05) is 12.1 Å². The molecule has 0 spiro atoms. The second-order valence-electron chi connectivity index (χ2n) is 5.78. The van der Waals surface area contributed by atoms with Crippen molar-refractivity contribution in [3.63, 3.8) is 0 Å². The van der Waals surface area contributed by atoms with Crippen LogP contribution in [0.3, 0.4) is 0 Å². The van der Waals surface area contributed by atoms with Gasteiger partial charge in [0, 0.05) is 24.7 Å². The van der Waals surface area contributed by atoms with Crippen LogP contribution in [0, 0.1) is 0 Å². The Morgan fingerprint density at radius 2 is 2.05 bits per heavy atom. The summed E-state index contributed by atoms with van der Waals surface area (Å²) in [6, 6.07) is 7.43. The van der Waals surface area contributed by atoms with Crippen molar-refractivity contribution in [3.05, 3.63) is 29.3 Å². The van der Waals surface area contributed by atoms with E-state index >= 15 is 0 Å². The van der Waals surface area contributed by atoms with Crippen LogP contribution in [-0.4, -0.2) is 31.1 Å². The molecule has 2 aliphatic rings. The fourth-order valence-electron chi connectivity index (χ4n) is 2.77. The molecule has 1 saturated carbocycles. The fraction of sp³-hybridized carbons (Fsp3) is 0.625. The summed E-state index contributed by atoms with van der Waals surface area (Å²) in [5.74, 6) is 1.03. The molecule has 3 nitrogen and oxygen atoms in total. The molecule has 0 atom stereocenters. The standard InChI is InChI=1S/C16H24N2O/c1-19-16-10-13(12-18-8-2-3-9-18)4-5-14(16)11-17-15-6-7-15/h4-5,10,15,17H,2-3,6-9,11-12H2,1H3. The van der Waals surface area contributed by atoms with Gasteiger partial charge in [0.15, 0.2) is 0 Å². The molecule has 1 aromatic rings. The summed E-state index contributed by atoms with van der Waals surface area (Å²) in [4.78, 5) is 2.52. The maximum absolute atomic E-state index is 5.54. The topological polar surface area (TPSA) is 24.5 Å². The summed E-state index contributed by atoms with van der Waals surface area (Å²) in [5.41, 5.74) is 2.65. The lowest BCUT2D eigenvalue weighted by molar-refractivity contribution is 0.330. The molecule has 0 unspecified atom stereocenters. The Hall–Kier alpha value is -1.06. The number of hydrogen-bond donors (Lipinski definition) is 1. The van der Waals surface area contributed by atoms with Gasteiger partial charge in [0.2, 0.25) is 0 Å². The number of methoxy groups -OCH3 is 1. The molecule has 1 N–H and O–H groups in total. The molecule has 0 bridgehead atoms. The average Bonchev–Trinajstić information content (AvgIpc) is 3.13. The smallest absolute Gasteiger partial charge is 0.123 e. The first-order chi connectivity index (χ1) is 9.35. The van der Waals surface area contributed by atoms with E-state index in [1.165, 1.54) is 49.9 Å². The van der Waals surface area contributed by atoms with Gasteiger partial charge in [-0.2, -0.15) is 0 Å². The van der Waals surface area contributed by atoms with Gasteiger partial charge < -0.3 is 10.1 Å². The Morgan fingerprint density at radius 1 is 1.26 bits per heavy atom. The van der Waals surface area contributed by atoms with Crippen LogP contribution < -0.4 is 10.1 Å². The zero-order chi connectivity index (χ0) is 13.1. The second-order valence-corrected chi connectivity index (χ2v) is 5.78. The van der Waals surface area contributed by atoms with Crippen LogP contribution in [0.25, 0.3) is 0 Å². The molecule has 2 fully saturated rings. The number of hydrogen-bond acceptors (Lipinski definition) is 3. The lowest BCUT2D eigenvalue weighted by Crippen LogP contribution is -2.19. The van der Waals surface area contributed by atoms with Crippen molar-refractivity contribution in [2.45, 2.75) is 44.8 Å². The van der Waals surface area contributed by atoms with Crippen molar-refractivity contribution in [1.82, 2.24) is 10.2 Å². The van der Waals surface area contributed by atoms with Crippen molar-refractivity contribution in [2.24, 2.45) is 0 Å². The molecule has 19 heavy (non-hydrogen) atoms. The van der Waals surface area contributed by atoms with E-state index in [0.29, 0.717) is 0 Å². The van der Waals surface area contributed by atoms with Crippen molar-refractivity contribution in [3.8, 4) is 5.75 Å². The zero-order valence-corrected chi connectivity index (χ0v) is 11.8. The van der Waals surface area contributed by atoms with Crippen molar-refractivity contribution in [2.75, 3.05) is 20.2 Å². The van der Waals surface area contributed by atoms with Crippen LogP contribution in [0.4, 0.5) is 0 Å².